The van der Waals surface area contributed by atoms with E-state index in [4.69, 9.17) is 9.26 Å². The van der Waals surface area contributed by atoms with Crippen LogP contribution in [0.15, 0.2) is 34.9 Å². The molecular weight excluding hydrogens is 279 g/mol. The summed E-state index contributed by atoms with van der Waals surface area (Å²) in [5.74, 6) is -1.38. The molecule has 1 amide bonds. The zero-order valence-corrected chi connectivity index (χ0v) is 10.8. The van der Waals surface area contributed by atoms with Crippen molar-refractivity contribution in [2.45, 2.75) is 12.5 Å². The van der Waals surface area contributed by atoms with Gasteiger partial charge in [-0.1, -0.05) is 5.16 Å². The van der Waals surface area contributed by atoms with E-state index < -0.39 is 17.9 Å². The Morgan fingerprint density at radius 3 is 2.76 bits per heavy atom. The molecule has 0 unspecified atom stereocenters. The number of halogens is 1. The molecule has 0 radical (unpaired) electrons. The highest BCUT2D eigenvalue weighted by Gasteiger charge is 2.29. The van der Waals surface area contributed by atoms with Gasteiger partial charge < -0.3 is 14.6 Å². The summed E-state index contributed by atoms with van der Waals surface area (Å²) in [7, 11) is 0. The van der Waals surface area contributed by atoms with E-state index in [9.17, 15) is 14.0 Å². The lowest BCUT2D eigenvalue weighted by Gasteiger charge is -2.05. The second-order valence-electron chi connectivity index (χ2n) is 4.57. The number of rotatable bonds is 3. The molecule has 0 saturated carbocycles. The number of cyclic esters (lactones) is 1. The maximum Gasteiger partial charge on any atom is 0.328 e. The molecular formula is C14H11FN2O4. The molecule has 0 aliphatic carbocycles. The van der Waals surface area contributed by atoms with Crippen LogP contribution in [0.5, 0.6) is 0 Å². The molecule has 1 atom stereocenters. The van der Waals surface area contributed by atoms with E-state index in [2.05, 4.69) is 10.5 Å². The van der Waals surface area contributed by atoms with Crippen LogP contribution in [-0.4, -0.2) is 29.7 Å². The van der Waals surface area contributed by atoms with Crippen molar-refractivity contribution in [1.29, 1.82) is 0 Å². The molecule has 108 valence electrons. The van der Waals surface area contributed by atoms with Crippen LogP contribution >= 0.6 is 0 Å². The molecule has 2 heterocycles. The predicted octanol–water partition coefficient (Wildman–Crippen LogP) is 1.53. The highest BCUT2D eigenvalue weighted by Crippen LogP contribution is 2.19. The normalized spacial score (nSPS) is 17.6. The van der Waals surface area contributed by atoms with Gasteiger partial charge in [-0.3, -0.25) is 4.79 Å². The van der Waals surface area contributed by atoms with Crippen molar-refractivity contribution >= 4 is 11.9 Å². The first-order valence-corrected chi connectivity index (χ1v) is 6.33. The smallest absolute Gasteiger partial charge is 0.328 e. The summed E-state index contributed by atoms with van der Waals surface area (Å²) >= 11 is 0. The fourth-order valence-electron chi connectivity index (χ4n) is 2.00. The molecule has 1 saturated heterocycles. The van der Waals surface area contributed by atoms with Crippen molar-refractivity contribution in [2.75, 3.05) is 6.61 Å². The highest BCUT2D eigenvalue weighted by molar-refractivity contribution is 5.95. The van der Waals surface area contributed by atoms with Gasteiger partial charge >= 0.3 is 5.97 Å². The Bertz CT molecular complexity index is 681. The average Bonchev–Trinajstić information content (AvgIpc) is 3.10. The van der Waals surface area contributed by atoms with E-state index in [-0.39, 0.29) is 11.6 Å². The van der Waals surface area contributed by atoms with Crippen molar-refractivity contribution in [2.24, 2.45) is 0 Å². The van der Waals surface area contributed by atoms with Gasteiger partial charge in [-0.25, -0.2) is 9.18 Å². The summed E-state index contributed by atoms with van der Waals surface area (Å²) in [6.45, 7) is 0.293. The molecule has 6 nitrogen and oxygen atoms in total. The quantitative estimate of drug-likeness (QED) is 0.867. The van der Waals surface area contributed by atoms with Crippen LogP contribution in [0.2, 0.25) is 0 Å². The average molecular weight is 290 g/mol. The SMILES string of the molecule is O=C(N[C@H]1CCOC1=O)c1cc(-c2ccc(F)cc2)no1. The van der Waals surface area contributed by atoms with Gasteiger partial charge in [-0.15, -0.1) is 0 Å². The second-order valence-corrected chi connectivity index (χ2v) is 4.57. The van der Waals surface area contributed by atoms with E-state index in [0.29, 0.717) is 24.3 Å². The van der Waals surface area contributed by atoms with Gasteiger partial charge in [0, 0.05) is 18.1 Å². The van der Waals surface area contributed by atoms with Crippen LogP contribution < -0.4 is 5.32 Å². The van der Waals surface area contributed by atoms with Gasteiger partial charge in [0.05, 0.1) is 6.61 Å². The monoisotopic (exact) mass is 290 g/mol. The van der Waals surface area contributed by atoms with E-state index in [1.165, 1.54) is 30.3 Å². The molecule has 7 heteroatoms. The number of amides is 1. The zero-order valence-electron chi connectivity index (χ0n) is 10.8. The third-order valence-electron chi connectivity index (χ3n) is 3.11. The lowest BCUT2D eigenvalue weighted by atomic mass is 10.1. The number of hydrogen-bond donors (Lipinski definition) is 1. The third kappa shape index (κ3) is 2.76. The highest BCUT2D eigenvalue weighted by atomic mass is 19.1. The maximum atomic E-state index is 12.8. The Balaban J connectivity index is 1.73. The minimum absolute atomic E-state index is 0.0194. The lowest BCUT2D eigenvalue weighted by molar-refractivity contribution is -0.139. The maximum absolute atomic E-state index is 12.8. The number of carbonyl (C=O) groups is 2. The largest absolute Gasteiger partial charge is 0.464 e. The Morgan fingerprint density at radius 2 is 2.10 bits per heavy atom. The van der Waals surface area contributed by atoms with Gasteiger partial charge in [0.25, 0.3) is 5.91 Å². The third-order valence-corrected chi connectivity index (χ3v) is 3.11. The van der Waals surface area contributed by atoms with E-state index in [1.807, 2.05) is 0 Å². The number of nitrogens with one attached hydrogen (secondary N) is 1. The Morgan fingerprint density at radius 1 is 1.33 bits per heavy atom. The number of carbonyl (C=O) groups excluding carboxylic acids is 2. The van der Waals surface area contributed by atoms with E-state index in [0.717, 1.165) is 0 Å². The van der Waals surface area contributed by atoms with Gasteiger partial charge in [-0.2, -0.15) is 0 Å². The second kappa shape index (κ2) is 5.35. The molecule has 1 N–H and O–H groups in total. The number of hydrogen-bond acceptors (Lipinski definition) is 5. The summed E-state index contributed by atoms with van der Waals surface area (Å²) in [5.41, 5.74) is 1.04. The fourth-order valence-corrected chi connectivity index (χ4v) is 2.00. The first kappa shape index (κ1) is 13.3. The van der Waals surface area contributed by atoms with Crippen LogP contribution in [-0.2, 0) is 9.53 Å². The zero-order chi connectivity index (χ0) is 14.8. The summed E-state index contributed by atoms with van der Waals surface area (Å²) in [6, 6.07) is 6.42. The molecule has 1 fully saturated rings. The van der Waals surface area contributed by atoms with E-state index >= 15 is 0 Å². The Kier molecular flexibility index (Phi) is 3.39. The summed E-state index contributed by atoms with van der Waals surface area (Å²) in [5, 5.41) is 6.27. The van der Waals surface area contributed by atoms with Crippen molar-refractivity contribution in [3.05, 3.63) is 41.9 Å². The minimum Gasteiger partial charge on any atom is -0.464 e. The van der Waals surface area contributed by atoms with Crippen LogP contribution in [0.4, 0.5) is 4.39 Å². The molecule has 1 aromatic heterocycles. The summed E-state index contributed by atoms with van der Waals surface area (Å²) < 4.78 is 22.5. The molecule has 1 aliphatic heterocycles. The van der Waals surface area contributed by atoms with Gasteiger partial charge in [0.15, 0.2) is 0 Å². The first-order chi connectivity index (χ1) is 10.1. The number of aromatic nitrogens is 1. The van der Waals surface area contributed by atoms with Crippen molar-refractivity contribution in [3.8, 4) is 11.3 Å². The molecule has 3 rings (SSSR count). The van der Waals surface area contributed by atoms with Crippen molar-refractivity contribution < 1.29 is 23.2 Å². The van der Waals surface area contributed by atoms with Crippen LogP contribution in [0.25, 0.3) is 11.3 Å². The molecule has 0 spiro atoms. The van der Waals surface area contributed by atoms with Gasteiger partial charge in [-0.05, 0) is 24.3 Å². The standard InChI is InChI=1S/C14H11FN2O4/c15-9-3-1-8(2-4-9)11-7-12(21-17-11)13(18)16-10-5-6-20-14(10)19/h1-4,7,10H,5-6H2,(H,16,18)/t10-/m0/s1. The van der Waals surface area contributed by atoms with Crippen molar-refractivity contribution in [1.82, 2.24) is 10.5 Å². The van der Waals surface area contributed by atoms with Crippen LogP contribution in [0, 0.1) is 5.82 Å². The lowest BCUT2D eigenvalue weighted by Crippen LogP contribution is -2.37. The fraction of sp³-hybridized carbons (Fsp3) is 0.214. The molecule has 1 aromatic carbocycles. The van der Waals surface area contributed by atoms with Crippen molar-refractivity contribution in [3.63, 3.8) is 0 Å². The Labute approximate surface area is 118 Å². The summed E-state index contributed by atoms with van der Waals surface area (Å²) in [6.07, 6.45) is 0.434. The molecule has 21 heavy (non-hydrogen) atoms. The number of ether oxygens (including phenoxy) is 1. The number of esters is 1. The molecule has 0 bridgehead atoms. The van der Waals surface area contributed by atoms with Crippen LogP contribution in [0.3, 0.4) is 0 Å². The minimum atomic E-state index is -0.656. The summed E-state index contributed by atoms with van der Waals surface area (Å²) in [4.78, 5) is 23.2. The number of benzene rings is 1. The van der Waals surface area contributed by atoms with Gasteiger partial charge in [0.2, 0.25) is 5.76 Å². The number of nitrogens with zero attached hydrogens (tertiary/aromatic N) is 1. The first-order valence-electron chi connectivity index (χ1n) is 6.33. The molecule has 1 aliphatic rings. The predicted molar refractivity (Wildman–Crippen MR) is 68.7 cm³/mol. The Hall–Kier alpha value is -2.70. The topological polar surface area (TPSA) is 81.4 Å². The molecule has 2 aromatic rings. The van der Waals surface area contributed by atoms with Crippen LogP contribution in [0.1, 0.15) is 17.0 Å². The van der Waals surface area contributed by atoms with Gasteiger partial charge in [0.1, 0.15) is 17.6 Å². The van der Waals surface area contributed by atoms with E-state index in [1.54, 1.807) is 0 Å².